The molecule has 0 radical (unpaired) electrons. The summed E-state index contributed by atoms with van der Waals surface area (Å²) in [6.45, 7) is 4.08. The molecule has 2 N–H and O–H groups in total. The van der Waals surface area contributed by atoms with E-state index in [1.807, 2.05) is 26.0 Å². The molecule has 0 unspecified atom stereocenters. The molecular formula is C15H19N3O3. The van der Waals surface area contributed by atoms with Gasteiger partial charge in [-0.2, -0.15) is 5.10 Å². The van der Waals surface area contributed by atoms with Crippen LogP contribution in [0.1, 0.15) is 21.5 Å². The Morgan fingerprint density at radius 1 is 1.29 bits per heavy atom. The molecule has 6 heteroatoms. The number of aryl methyl sites for hydroxylation is 2. The van der Waals surface area contributed by atoms with Crippen LogP contribution in [-0.4, -0.2) is 30.3 Å². The van der Waals surface area contributed by atoms with Crippen LogP contribution < -0.4 is 10.5 Å². The fourth-order valence-electron chi connectivity index (χ4n) is 2.29. The van der Waals surface area contributed by atoms with Crippen LogP contribution in [0.15, 0.2) is 12.1 Å². The Balaban J connectivity index is 2.64. The molecule has 2 rings (SSSR count). The number of aldehydes is 1. The maximum absolute atomic E-state index is 11.4. The van der Waals surface area contributed by atoms with Crippen LogP contribution in [0.2, 0.25) is 0 Å². The van der Waals surface area contributed by atoms with Crippen molar-refractivity contribution in [1.29, 1.82) is 0 Å². The number of nitrogen functional groups attached to an aromatic ring is 1. The predicted molar refractivity (Wildman–Crippen MR) is 80.5 cm³/mol. The zero-order chi connectivity index (χ0) is 15.6. The Morgan fingerprint density at radius 2 is 2.00 bits per heavy atom. The molecule has 0 saturated carbocycles. The highest BCUT2D eigenvalue weighted by Gasteiger charge is 2.19. The molecule has 0 aliphatic heterocycles. The second-order valence-corrected chi connectivity index (χ2v) is 4.82. The number of ether oxygens (including phenoxy) is 2. The number of hydrogen-bond acceptors (Lipinski definition) is 5. The van der Waals surface area contributed by atoms with Crippen LogP contribution in [0, 0.1) is 13.8 Å². The lowest BCUT2D eigenvalue weighted by molar-refractivity contribution is 0.112. The summed E-state index contributed by atoms with van der Waals surface area (Å²) in [5, 5.41) is 4.39. The van der Waals surface area contributed by atoms with Crippen LogP contribution in [0.5, 0.6) is 5.75 Å². The van der Waals surface area contributed by atoms with Crippen molar-refractivity contribution in [2.75, 3.05) is 20.0 Å². The van der Waals surface area contributed by atoms with Crippen LogP contribution in [0.3, 0.4) is 0 Å². The minimum atomic E-state index is 0.195. The van der Waals surface area contributed by atoms with Crippen LogP contribution in [-0.2, 0) is 11.5 Å². The summed E-state index contributed by atoms with van der Waals surface area (Å²) < 4.78 is 11.8. The number of anilines is 1. The molecule has 0 aliphatic rings. The fourth-order valence-corrected chi connectivity index (χ4v) is 2.29. The average Bonchev–Trinajstić information content (AvgIpc) is 2.77. The number of rotatable bonds is 5. The number of nitrogens with zero attached hydrogens (tertiary/aromatic N) is 2. The minimum Gasteiger partial charge on any atom is -0.496 e. The monoisotopic (exact) mass is 289 g/mol. The Morgan fingerprint density at radius 3 is 2.57 bits per heavy atom. The van der Waals surface area contributed by atoms with Gasteiger partial charge in [0.1, 0.15) is 24.0 Å². The second kappa shape index (κ2) is 5.97. The summed E-state index contributed by atoms with van der Waals surface area (Å²) in [6.07, 6.45) is 0.725. The van der Waals surface area contributed by atoms with Gasteiger partial charge in [0.2, 0.25) is 0 Å². The van der Waals surface area contributed by atoms with Crippen molar-refractivity contribution in [3.8, 4) is 17.0 Å². The Hall–Kier alpha value is -2.34. The van der Waals surface area contributed by atoms with E-state index in [2.05, 4.69) is 5.10 Å². The van der Waals surface area contributed by atoms with Crippen molar-refractivity contribution in [3.63, 3.8) is 0 Å². The van der Waals surface area contributed by atoms with Gasteiger partial charge in [-0.05, 0) is 37.1 Å². The third-order valence-electron chi connectivity index (χ3n) is 3.40. The van der Waals surface area contributed by atoms with Gasteiger partial charge in [-0.1, -0.05) is 0 Å². The van der Waals surface area contributed by atoms with Crippen molar-refractivity contribution in [3.05, 3.63) is 28.8 Å². The lowest BCUT2D eigenvalue weighted by atomic mass is 9.99. The maximum Gasteiger partial charge on any atom is 0.156 e. The topological polar surface area (TPSA) is 79.4 Å². The lowest BCUT2D eigenvalue weighted by Crippen LogP contribution is -2.06. The fraction of sp³-hybridized carbons (Fsp3) is 0.333. The smallest absolute Gasteiger partial charge is 0.156 e. The Bertz CT molecular complexity index is 677. The molecule has 112 valence electrons. The number of carbonyl (C=O) groups is 1. The van der Waals surface area contributed by atoms with Gasteiger partial charge < -0.3 is 15.2 Å². The number of methoxy groups -OCH3 is 2. The largest absolute Gasteiger partial charge is 0.496 e. The zero-order valence-electron chi connectivity index (χ0n) is 12.6. The molecule has 0 aliphatic carbocycles. The molecule has 1 aromatic heterocycles. The van der Waals surface area contributed by atoms with Gasteiger partial charge in [-0.15, -0.1) is 0 Å². The summed E-state index contributed by atoms with van der Waals surface area (Å²) in [7, 11) is 3.17. The molecule has 0 atom stereocenters. The van der Waals surface area contributed by atoms with Crippen LogP contribution >= 0.6 is 0 Å². The molecule has 0 saturated heterocycles. The van der Waals surface area contributed by atoms with E-state index in [9.17, 15) is 4.79 Å². The molecular weight excluding hydrogens is 270 g/mol. The highest BCUT2D eigenvalue weighted by molar-refractivity contribution is 5.92. The maximum atomic E-state index is 11.4. The molecule has 2 aromatic rings. The third kappa shape index (κ3) is 2.62. The number of nitrogens with two attached hydrogens (primary N) is 1. The number of aromatic nitrogens is 2. The SMILES string of the molecule is COCn1nc(-c2cc(C)c(OC)cc2C)c(C=O)c1N. The first-order chi connectivity index (χ1) is 10.0. The summed E-state index contributed by atoms with van der Waals surface area (Å²) in [5.41, 5.74) is 9.67. The van der Waals surface area contributed by atoms with Crippen molar-refractivity contribution in [1.82, 2.24) is 9.78 Å². The average molecular weight is 289 g/mol. The summed E-state index contributed by atoms with van der Waals surface area (Å²) >= 11 is 0. The van der Waals surface area contributed by atoms with Gasteiger partial charge in [0.25, 0.3) is 0 Å². The standard InChI is InChI=1S/C15H19N3O3/c1-9-6-13(21-4)10(2)5-11(9)14-12(7-19)15(16)18(17-14)8-20-3/h5-7H,8,16H2,1-4H3. The van der Waals surface area contributed by atoms with Gasteiger partial charge >= 0.3 is 0 Å². The predicted octanol–water partition coefficient (Wildman–Crippen LogP) is 2.17. The number of benzene rings is 1. The van der Waals surface area contributed by atoms with E-state index in [0.29, 0.717) is 17.1 Å². The Kier molecular flexibility index (Phi) is 4.28. The molecule has 1 aromatic carbocycles. The first kappa shape index (κ1) is 15.1. The van der Waals surface area contributed by atoms with Crippen molar-refractivity contribution < 1.29 is 14.3 Å². The van der Waals surface area contributed by atoms with Gasteiger partial charge in [-0.3, -0.25) is 4.79 Å². The van der Waals surface area contributed by atoms with Gasteiger partial charge in [0, 0.05) is 12.7 Å². The molecule has 0 bridgehead atoms. The van der Waals surface area contributed by atoms with Crippen molar-refractivity contribution in [2.24, 2.45) is 0 Å². The van der Waals surface area contributed by atoms with E-state index in [-0.39, 0.29) is 6.73 Å². The minimum absolute atomic E-state index is 0.195. The summed E-state index contributed by atoms with van der Waals surface area (Å²) in [5.74, 6) is 1.10. The third-order valence-corrected chi connectivity index (χ3v) is 3.40. The first-order valence-electron chi connectivity index (χ1n) is 6.49. The number of hydrogen-bond donors (Lipinski definition) is 1. The highest BCUT2D eigenvalue weighted by Crippen LogP contribution is 2.32. The molecule has 0 spiro atoms. The van der Waals surface area contributed by atoms with Crippen LogP contribution in [0.4, 0.5) is 5.82 Å². The van der Waals surface area contributed by atoms with Gasteiger partial charge in [-0.25, -0.2) is 4.68 Å². The molecule has 21 heavy (non-hydrogen) atoms. The molecule has 6 nitrogen and oxygen atoms in total. The van der Waals surface area contributed by atoms with Gasteiger partial charge in [0.05, 0.1) is 12.7 Å². The van der Waals surface area contributed by atoms with Crippen molar-refractivity contribution >= 4 is 12.1 Å². The molecule has 0 fully saturated rings. The van der Waals surface area contributed by atoms with E-state index in [1.165, 1.54) is 4.68 Å². The lowest BCUT2D eigenvalue weighted by Gasteiger charge is -2.10. The normalized spacial score (nSPS) is 10.7. The molecule has 0 amide bonds. The number of carbonyl (C=O) groups excluding carboxylic acids is 1. The highest BCUT2D eigenvalue weighted by atomic mass is 16.5. The van der Waals surface area contributed by atoms with E-state index in [1.54, 1.807) is 14.2 Å². The quantitative estimate of drug-likeness (QED) is 0.853. The van der Waals surface area contributed by atoms with Gasteiger partial charge in [0.15, 0.2) is 6.29 Å². The van der Waals surface area contributed by atoms with E-state index >= 15 is 0 Å². The first-order valence-corrected chi connectivity index (χ1v) is 6.49. The van der Waals surface area contributed by atoms with E-state index in [4.69, 9.17) is 15.2 Å². The molecule has 1 heterocycles. The summed E-state index contributed by atoms with van der Waals surface area (Å²) in [6, 6.07) is 3.87. The van der Waals surface area contributed by atoms with E-state index < -0.39 is 0 Å². The Labute approximate surface area is 123 Å². The zero-order valence-corrected chi connectivity index (χ0v) is 12.6. The van der Waals surface area contributed by atoms with Crippen LogP contribution in [0.25, 0.3) is 11.3 Å². The summed E-state index contributed by atoms with van der Waals surface area (Å²) in [4.78, 5) is 11.4. The van der Waals surface area contributed by atoms with E-state index in [0.717, 1.165) is 28.7 Å². The van der Waals surface area contributed by atoms with Crippen molar-refractivity contribution in [2.45, 2.75) is 20.6 Å². The second-order valence-electron chi connectivity index (χ2n) is 4.82.